The van der Waals surface area contributed by atoms with Gasteiger partial charge in [0, 0.05) is 17.7 Å². The van der Waals surface area contributed by atoms with Crippen LogP contribution in [0.5, 0.6) is 0 Å². The van der Waals surface area contributed by atoms with E-state index in [1.165, 1.54) is 31.3 Å². The van der Waals surface area contributed by atoms with E-state index >= 15 is 0 Å². The number of rotatable bonds is 4. The smallest absolute Gasteiger partial charge is 0.251 e. The number of carbonyl (C=O) groups excluding carboxylic acids is 2. The highest BCUT2D eigenvalue weighted by molar-refractivity contribution is 6.02. The molecule has 1 unspecified atom stereocenters. The van der Waals surface area contributed by atoms with E-state index in [0.29, 0.717) is 6.04 Å². The van der Waals surface area contributed by atoms with Gasteiger partial charge in [-0.2, -0.15) is 0 Å². The second-order valence-electron chi connectivity index (χ2n) is 7.65. The molecule has 1 atom stereocenters. The SMILES string of the molecule is CC(C)N1C(=O)C(CC(=O)NC2CCCCC2)=C2CCCCC21. The van der Waals surface area contributed by atoms with E-state index in [9.17, 15) is 9.59 Å². The Morgan fingerprint density at radius 1 is 1.13 bits per heavy atom. The maximum atomic E-state index is 12.8. The molecule has 2 fully saturated rings. The Kier molecular flexibility index (Phi) is 5.08. The first-order valence-electron chi connectivity index (χ1n) is 9.42. The lowest BCUT2D eigenvalue weighted by atomic mass is 9.88. The van der Waals surface area contributed by atoms with Gasteiger partial charge in [-0.25, -0.2) is 0 Å². The minimum absolute atomic E-state index is 0.0441. The second kappa shape index (κ2) is 7.06. The van der Waals surface area contributed by atoms with E-state index in [1.807, 2.05) is 4.90 Å². The van der Waals surface area contributed by atoms with Gasteiger partial charge in [-0.05, 0) is 51.5 Å². The zero-order valence-electron chi connectivity index (χ0n) is 14.6. The van der Waals surface area contributed by atoms with Crippen LogP contribution in [0, 0.1) is 0 Å². The van der Waals surface area contributed by atoms with E-state index in [2.05, 4.69) is 19.2 Å². The molecule has 23 heavy (non-hydrogen) atoms. The first-order valence-corrected chi connectivity index (χ1v) is 9.42. The van der Waals surface area contributed by atoms with E-state index in [4.69, 9.17) is 0 Å². The van der Waals surface area contributed by atoms with E-state index < -0.39 is 0 Å². The normalized spacial score (nSPS) is 26.0. The van der Waals surface area contributed by atoms with Gasteiger partial charge in [-0.3, -0.25) is 9.59 Å². The van der Waals surface area contributed by atoms with Gasteiger partial charge in [0.25, 0.3) is 5.91 Å². The summed E-state index contributed by atoms with van der Waals surface area (Å²) >= 11 is 0. The van der Waals surface area contributed by atoms with Gasteiger partial charge in [0.15, 0.2) is 0 Å². The van der Waals surface area contributed by atoms with Crippen LogP contribution in [0.25, 0.3) is 0 Å². The molecule has 0 aromatic carbocycles. The molecule has 4 nitrogen and oxygen atoms in total. The van der Waals surface area contributed by atoms with Gasteiger partial charge < -0.3 is 10.2 Å². The molecule has 2 aliphatic carbocycles. The molecular formula is C19H30N2O2. The fourth-order valence-corrected chi connectivity index (χ4v) is 4.56. The zero-order valence-corrected chi connectivity index (χ0v) is 14.6. The van der Waals surface area contributed by atoms with Gasteiger partial charge >= 0.3 is 0 Å². The molecule has 0 saturated heterocycles. The predicted octanol–water partition coefficient (Wildman–Crippen LogP) is 3.32. The Labute approximate surface area is 139 Å². The Balaban J connectivity index is 1.69. The number of hydrogen-bond acceptors (Lipinski definition) is 2. The number of amides is 2. The molecule has 128 valence electrons. The van der Waals surface area contributed by atoms with Crippen molar-refractivity contribution in [2.45, 2.75) is 96.2 Å². The van der Waals surface area contributed by atoms with Crippen LogP contribution >= 0.6 is 0 Å². The summed E-state index contributed by atoms with van der Waals surface area (Å²) < 4.78 is 0. The average Bonchev–Trinajstić information content (AvgIpc) is 2.81. The van der Waals surface area contributed by atoms with Crippen molar-refractivity contribution in [1.82, 2.24) is 10.2 Å². The van der Waals surface area contributed by atoms with Crippen LogP contribution < -0.4 is 5.32 Å². The Morgan fingerprint density at radius 2 is 1.83 bits per heavy atom. The Hall–Kier alpha value is -1.32. The molecule has 0 radical (unpaired) electrons. The molecular weight excluding hydrogens is 288 g/mol. The Bertz CT molecular complexity index is 503. The zero-order chi connectivity index (χ0) is 16.4. The molecule has 0 bridgehead atoms. The summed E-state index contributed by atoms with van der Waals surface area (Å²) in [6.07, 6.45) is 10.6. The monoisotopic (exact) mass is 318 g/mol. The van der Waals surface area contributed by atoms with Crippen LogP contribution in [-0.4, -0.2) is 34.8 Å². The number of nitrogens with zero attached hydrogens (tertiary/aromatic N) is 1. The second-order valence-corrected chi connectivity index (χ2v) is 7.65. The molecule has 1 N–H and O–H groups in total. The summed E-state index contributed by atoms with van der Waals surface area (Å²) in [5, 5.41) is 3.16. The molecule has 0 spiro atoms. The lowest BCUT2D eigenvalue weighted by molar-refractivity contribution is -0.130. The highest BCUT2D eigenvalue weighted by atomic mass is 16.2. The van der Waals surface area contributed by atoms with Gasteiger partial charge in [0.1, 0.15) is 0 Å². The number of fused-ring (bicyclic) bond motifs is 1. The van der Waals surface area contributed by atoms with E-state index in [1.54, 1.807) is 0 Å². The number of nitrogens with one attached hydrogen (secondary N) is 1. The quantitative estimate of drug-likeness (QED) is 0.864. The van der Waals surface area contributed by atoms with Gasteiger partial charge in [-0.1, -0.05) is 25.7 Å². The van der Waals surface area contributed by atoms with Crippen LogP contribution in [0.1, 0.15) is 78.1 Å². The fourth-order valence-electron chi connectivity index (χ4n) is 4.56. The third-order valence-electron chi connectivity index (χ3n) is 5.66. The predicted molar refractivity (Wildman–Crippen MR) is 90.9 cm³/mol. The van der Waals surface area contributed by atoms with Crippen molar-refractivity contribution < 1.29 is 9.59 Å². The molecule has 3 aliphatic rings. The fraction of sp³-hybridized carbons (Fsp3) is 0.789. The summed E-state index contributed by atoms with van der Waals surface area (Å²) in [5.41, 5.74) is 2.06. The maximum absolute atomic E-state index is 12.8. The molecule has 1 aliphatic heterocycles. The molecule has 0 aromatic heterocycles. The minimum atomic E-state index is 0.0441. The van der Waals surface area contributed by atoms with E-state index in [-0.39, 0.29) is 30.3 Å². The minimum Gasteiger partial charge on any atom is -0.353 e. The number of hydrogen-bond donors (Lipinski definition) is 1. The van der Waals surface area contributed by atoms with Crippen molar-refractivity contribution in [3.05, 3.63) is 11.1 Å². The van der Waals surface area contributed by atoms with Gasteiger partial charge in [-0.15, -0.1) is 0 Å². The molecule has 2 amide bonds. The summed E-state index contributed by atoms with van der Waals surface area (Å²) in [6.45, 7) is 4.16. The first-order chi connectivity index (χ1) is 11.1. The summed E-state index contributed by atoms with van der Waals surface area (Å²) in [6, 6.07) is 0.787. The number of carbonyl (C=O) groups is 2. The average molecular weight is 318 g/mol. The molecule has 0 aromatic rings. The molecule has 3 rings (SSSR count). The summed E-state index contributed by atoms with van der Waals surface area (Å²) in [7, 11) is 0. The third-order valence-corrected chi connectivity index (χ3v) is 5.66. The lowest BCUT2D eigenvalue weighted by Crippen LogP contribution is -2.42. The van der Waals surface area contributed by atoms with Crippen molar-refractivity contribution in [3.8, 4) is 0 Å². The largest absolute Gasteiger partial charge is 0.353 e. The first kappa shape index (κ1) is 16.5. The van der Waals surface area contributed by atoms with Crippen LogP contribution in [0.3, 0.4) is 0 Å². The lowest BCUT2D eigenvalue weighted by Gasteiger charge is -2.33. The van der Waals surface area contributed by atoms with Gasteiger partial charge in [0.05, 0.1) is 12.5 Å². The van der Waals surface area contributed by atoms with Gasteiger partial charge in [0.2, 0.25) is 5.91 Å². The van der Waals surface area contributed by atoms with Crippen LogP contribution in [0.4, 0.5) is 0 Å². The topological polar surface area (TPSA) is 49.4 Å². The Morgan fingerprint density at radius 3 is 2.52 bits per heavy atom. The third kappa shape index (κ3) is 3.46. The standard InChI is InChI=1S/C19H30N2O2/c1-13(2)21-17-11-7-6-10-15(17)16(19(21)23)12-18(22)20-14-8-4-3-5-9-14/h13-14,17H,3-12H2,1-2H3,(H,20,22). The molecule has 4 heteroatoms. The van der Waals surface area contributed by atoms with Crippen LogP contribution in [0.15, 0.2) is 11.1 Å². The molecule has 2 saturated carbocycles. The van der Waals surface area contributed by atoms with Crippen molar-refractivity contribution in [1.29, 1.82) is 0 Å². The van der Waals surface area contributed by atoms with E-state index in [0.717, 1.165) is 37.7 Å². The highest BCUT2D eigenvalue weighted by Gasteiger charge is 2.41. The van der Waals surface area contributed by atoms with Crippen molar-refractivity contribution in [3.63, 3.8) is 0 Å². The maximum Gasteiger partial charge on any atom is 0.251 e. The van der Waals surface area contributed by atoms with Crippen molar-refractivity contribution >= 4 is 11.8 Å². The van der Waals surface area contributed by atoms with Crippen LogP contribution in [0.2, 0.25) is 0 Å². The molecule has 1 heterocycles. The van der Waals surface area contributed by atoms with Crippen LogP contribution in [-0.2, 0) is 9.59 Å². The summed E-state index contributed by atoms with van der Waals surface area (Å²) in [4.78, 5) is 27.3. The van der Waals surface area contributed by atoms with Crippen molar-refractivity contribution in [2.75, 3.05) is 0 Å². The highest BCUT2D eigenvalue weighted by Crippen LogP contribution is 2.38. The summed E-state index contributed by atoms with van der Waals surface area (Å²) in [5.74, 6) is 0.156. The van der Waals surface area contributed by atoms with Crippen molar-refractivity contribution in [2.24, 2.45) is 0 Å².